The van der Waals surface area contributed by atoms with Crippen LogP contribution in [0.1, 0.15) is 43.7 Å². The number of anilines is 1. The lowest BCUT2D eigenvalue weighted by Gasteiger charge is -2.33. The van der Waals surface area contributed by atoms with Crippen molar-refractivity contribution in [3.63, 3.8) is 0 Å². The number of hydrogen-bond donors (Lipinski definition) is 1. The van der Waals surface area contributed by atoms with Crippen molar-refractivity contribution < 1.29 is 9.53 Å². The van der Waals surface area contributed by atoms with Crippen molar-refractivity contribution >= 4 is 11.9 Å². The van der Waals surface area contributed by atoms with Crippen LogP contribution in [-0.4, -0.2) is 46.3 Å². The van der Waals surface area contributed by atoms with Crippen molar-refractivity contribution in [2.24, 2.45) is 0 Å². The summed E-state index contributed by atoms with van der Waals surface area (Å²) >= 11 is 0. The maximum atomic E-state index is 13.1. The zero-order valence-corrected chi connectivity index (χ0v) is 16.8. The topological polar surface area (TPSA) is 76.6 Å². The van der Waals surface area contributed by atoms with Crippen LogP contribution in [0, 0.1) is 0 Å². The monoisotopic (exact) mass is 371 g/mol. The minimum atomic E-state index is -0.569. The normalized spacial score (nSPS) is 16.4. The van der Waals surface area contributed by atoms with E-state index < -0.39 is 5.54 Å². The number of rotatable bonds is 5. The molecule has 0 fully saturated rings. The van der Waals surface area contributed by atoms with E-state index in [4.69, 9.17) is 10.5 Å². The van der Waals surface area contributed by atoms with Gasteiger partial charge in [-0.05, 0) is 40.4 Å². The Labute approximate surface area is 160 Å². The summed E-state index contributed by atoms with van der Waals surface area (Å²) in [7, 11) is 3.93. The van der Waals surface area contributed by atoms with Gasteiger partial charge >= 0.3 is 6.09 Å². The van der Waals surface area contributed by atoms with Gasteiger partial charge in [-0.15, -0.1) is 0 Å². The first-order chi connectivity index (χ1) is 12.8. The van der Waals surface area contributed by atoms with Crippen LogP contribution >= 0.6 is 0 Å². The molecule has 3 rings (SSSR count). The van der Waals surface area contributed by atoms with Crippen molar-refractivity contribution in [2.75, 3.05) is 26.4 Å². The Kier molecular flexibility index (Phi) is 5.15. The lowest BCUT2D eigenvalue weighted by molar-refractivity contribution is 0.0257. The predicted molar refractivity (Wildman–Crippen MR) is 105 cm³/mol. The van der Waals surface area contributed by atoms with E-state index in [1.54, 1.807) is 9.58 Å². The molecule has 0 radical (unpaired) electrons. The molecule has 1 atom stereocenters. The Bertz CT molecular complexity index is 813. The fraction of sp³-hybridized carbons (Fsp3) is 0.500. The first-order valence-electron chi connectivity index (χ1n) is 9.29. The van der Waals surface area contributed by atoms with Gasteiger partial charge in [-0.1, -0.05) is 30.3 Å². The molecule has 2 aromatic rings. The highest BCUT2D eigenvalue weighted by Crippen LogP contribution is 2.41. The number of nitrogens with zero attached hydrogens (tertiary/aromatic N) is 4. The van der Waals surface area contributed by atoms with Crippen LogP contribution in [0.4, 0.5) is 10.6 Å². The van der Waals surface area contributed by atoms with E-state index in [0.29, 0.717) is 25.5 Å². The molecule has 27 heavy (non-hydrogen) atoms. The number of fused-ring (bicyclic) bond motifs is 1. The molecule has 0 bridgehead atoms. The fourth-order valence-electron chi connectivity index (χ4n) is 3.57. The molecule has 1 aromatic heterocycles. The smallest absolute Gasteiger partial charge is 0.411 e. The van der Waals surface area contributed by atoms with Crippen molar-refractivity contribution in [3.8, 4) is 0 Å². The minimum absolute atomic E-state index is 0.342. The van der Waals surface area contributed by atoms with Gasteiger partial charge in [0.1, 0.15) is 11.9 Å². The highest BCUT2D eigenvalue weighted by molar-refractivity contribution is 5.72. The Morgan fingerprint density at radius 1 is 1.33 bits per heavy atom. The van der Waals surface area contributed by atoms with Crippen molar-refractivity contribution in [2.45, 2.75) is 45.5 Å². The van der Waals surface area contributed by atoms with E-state index in [9.17, 15) is 4.79 Å². The average molecular weight is 371 g/mol. The first-order valence-corrected chi connectivity index (χ1v) is 9.29. The number of carbonyl (C=O) groups excluding carboxylic acids is 1. The Balaban J connectivity index is 1.82. The van der Waals surface area contributed by atoms with Gasteiger partial charge in [-0.3, -0.25) is 4.90 Å². The standard InChI is InChI=1S/C20H29N5O2/c1-6-25-18(21)15-12-24(20(2,3)17(15)22-25)19(26)27-16(13-23(4)5)14-10-8-7-9-11-14/h7-11,16H,6,12-13,21H2,1-5H3/t16-/m1/s1. The predicted octanol–water partition coefficient (Wildman–Crippen LogP) is 2.98. The summed E-state index contributed by atoms with van der Waals surface area (Å²) in [4.78, 5) is 16.8. The van der Waals surface area contributed by atoms with Gasteiger partial charge in [0.2, 0.25) is 0 Å². The van der Waals surface area contributed by atoms with Gasteiger partial charge in [-0.25, -0.2) is 9.48 Å². The Morgan fingerprint density at radius 2 is 2.00 bits per heavy atom. The molecule has 1 amide bonds. The maximum absolute atomic E-state index is 13.1. The van der Waals surface area contributed by atoms with E-state index in [2.05, 4.69) is 5.10 Å². The van der Waals surface area contributed by atoms with Crippen LogP contribution in [0.15, 0.2) is 30.3 Å². The quantitative estimate of drug-likeness (QED) is 0.874. The number of nitrogen functional groups attached to an aromatic ring is 1. The number of carbonyl (C=O) groups is 1. The Morgan fingerprint density at radius 3 is 2.56 bits per heavy atom. The van der Waals surface area contributed by atoms with Crippen LogP contribution < -0.4 is 5.73 Å². The van der Waals surface area contributed by atoms with Gasteiger partial charge in [0.15, 0.2) is 0 Å². The second kappa shape index (κ2) is 7.23. The van der Waals surface area contributed by atoms with Gasteiger partial charge in [0, 0.05) is 18.7 Å². The molecule has 1 aromatic carbocycles. The summed E-state index contributed by atoms with van der Waals surface area (Å²) in [5.41, 5.74) is 8.40. The number of ether oxygens (including phenoxy) is 1. The van der Waals surface area contributed by atoms with Crippen LogP contribution in [0.2, 0.25) is 0 Å². The Hall–Kier alpha value is -2.54. The minimum Gasteiger partial charge on any atom is -0.440 e. The second-order valence-corrected chi connectivity index (χ2v) is 7.72. The molecular weight excluding hydrogens is 342 g/mol. The second-order valence-electron chi connectivity index (χ2n) is 7.72. The molecule has 146 valence electrons. The van der Waals surface area contributed by atoms with Gasteiger partial charge in [-0.2, -0.15) is 5.10 Å². The number of aryl methyl sites for hydroxylation is 1. The van der Waals surface area contributed by atoms with Gasteiger partial charge in [0.05, 0.1) is 17.8 Å². The molecule has 1 aliphatic rings. The lowest BCUT2D eigenvalue weighted by atomic mass is 10.0. The summed E-state index contributed by atoms with van der Waals surface area (Å²) < 4.78 is 7.72. The molecule has 7 heteroatoms. The molecule has 1 aliphatic heterocycles. The van der Waals surface area contributed by atoms with Crippen molar-refractivity contribution in [1.82, 2.24) is 19.6 Å². The lowest BCUT2D eigenvalue weighted by Crippen LogP contribution is -2.42. The van der Waals surface area contributed by atoms with Crippen LogP contribution in [0.25, 0.3) is 0 Å². The third-order valence-corrected chi connectivity index (χ3v) is 5.13. The number of likely N-dealkylation sites (N-methyl/N-ethyl adjacent to an activating group) is 1. The number of hydrogen-bond acceptors (Lipinski definition) is 5. The SMILES string of the molecule is CCn1nc2c(c1N)CN(C(=O)O[C@H](CN(C)C)c1ccccc1)C2(C)C. The molecule has 0 saturated heterocycles. The zero-order chi connectivity index (χ0) is 19.8. The van der Waals surface area contributed by atoms with Crippen molar-refractivity contribution in [3.05, 3.63) is 47.2 Å². The van der Waals surface area contributed by atoms with E-state index in [1.165, 1.54) is 0 Å². The van der Waals surface area contributed by atoms with E-state index >= 15 is 0 Å². The molecule has 0 spiro atoms. The summed E-state index contributed by atoms with van der Waals surface area (Å²) in [6, 6.07) is 9.82. The van der Waals surface area contributed by atoms with Crippen LogP contribution in [0.5, 0.6) is 0 Å². The average Bonchev–Trinajstić information content (AvgIpc) is 3.08. The van der Waals surface area contributed by atoms with E-state index in [-0.39, 0.29) is 12.2 Å². The highest BCUT2D eigenvalue weighted by Gasteiger charge is 2.45. The summed E-state index contributed by atoms with van der Waals surface area (Å²) in [6.07, 6.45) is -0.693. The molecule has 2 N–H and O–H groups in total. The number of benzene rings is 1. The van der Waals surface area contributed by atoms with Gasteiger partial charge in [0.25, 0.3) is 0 Å². The third kappa shape index (κ3) is 3.51. The summed E-state index contributed by atoms with van der Waals surface area (Å²) in [5, 5.41) is 4.61. The summed E-state index contributed by atoms with van der Waals surface area (Å²) in [5.74, 6) is 0.628. The number of amides is 1. The zero-order valence-electron chi connectivity index (χ0n) is 16.8. The number of aromatic nitrogens is 2. The fourth-order valence-corrected chi connectivity index (χ4v) is 3.57. The first kappa shape index (κ1) is 19.2. The van der Waals surface area contributed by atoms with Gasteiger partial charge < -0.3 is 15.4 Å². The maximum Gasteiger partial charge on any atom is 0.411 e. The largest absolute Gasteiger partial charge is 0.440 e. The van der Waals surface area contributed by atoms with Crippen molar-refractivity contribution in [1.29, 1.82) is 0 Å². The van der Waals surface area contributed by atoms with Crippen LogP contribution in [0.3, 0.4) is 0 Å². The van der Waals surface area contributed by atoms with E-state index in [0.717, 1.165) is 16.8 Å². The van der Waals surface area contributed by atoms with Crippen LogP contribution in [-0.2, 0) is 23.4 Å². The third-order valence-electron chi connectivity index (χ3n) is 5.13. The molecule has 0 aliphatic carbocycles. The molecule has 7 nitrogen and oxygen atoms in total. The molecule has 2 heterocycles. The van der Waals surface area contributed by atoms with E-state index in [1.807, 2.05) is 70.1 Å². The molecule has 0 unspecified atom stereocenters. The molecule has 0 saturated carbocycles. The highest BCUT2D eigenvalue weighted by atomic mass is 16.6. The summed E-state index contributed by atoms with van der Waals surface area (Å²) in [6.45, 7) is 7.70. The number of nitrogens with two attached hydrogens (primary N) is 1. The molecular formula is C20H29N5O2.